The number of hydrogen-bond donors (Lipinski definition) is 3. The summed E-state index contributed by atoms with van der Waals surface area (Å²) in [5.41, 5.74) is 5.76. The van der Waals surface area contributed by atoms with E-state index in [1.807, 2.05) is 103 Å². The standard InChI is InChI=1S/C39H38N2O7S/c1-25-32(24-49-39-41-35(27-10-4-2-5-11-27)37(48-39)28-12-6-3-7-13-28)46-38(47-36(25)29-20-18-26(23-42)19-21-29)30-14-8-15-31(22-30)40-33(43)16-9-17-34(44)45/h2-8,10-15,18-22,25,32,36,38,42H,9,16-17,23-24H2,1H3,(H,40,43)(H,44,45)/t25-,32+,36+,38+/m0/s1. The molecule has 6 rings (SSSR count). The van der Waals surface area contributed by atoms with Gasteiger partial charge < -0.3 is 29.4 Å². The number of benzene rings is 4. The maximum absolute atomic E-state index is 12.5. The number of oxazole rings is 1. The Bertz CT molecular complexity index is 1790. The van der Waals surface area contributed by atoms with Gasteiger partial charge >= 0.3 is 5.97 Å². The average molecular weight is 679 g/mol. The summed E-state index contributed by atoms with van der Waals surface area (Å²) in [6.45, 7) is 2.05. The normalized spacial score (nSPS) is 19.0. The lowest BCUT2D eigenvalue weighted by Crippen LogP contribution is -2.38. The predicted octanol–water partition coefficient (Wildman–Crippen LogP) is 8.28. The molecule has 4 aromatic carbocycles. The maximum Gasteiger partial charge on any atom is 0.303 e. The number of ether oxygens (including phenoxy) is 2. The number of rotatable bonds is 13. The summed E-state index contributed by atoms with van der Waals surface area (Å²) in [6, 6.07) is 35.0. The van der Waals surface area contributed by atoms with Crippen molar-refractivity contribution < 1.29 is 33.7 Å². The molecule has 1 fully saturated rings. The van der Waals surface area contributed by atoms with Gasteiger partial charge in [0.2, 0.25) is 5.91 Å². The molecule has 0 saturated carbocycles. The van der Waals surface area contributed by atoms with Crippen molar-refractivity contribution in [2.24, 2.45) is 5.92 Å². The quantitative estimate of drug-likeness (QED) is 0.105. The van der Waals surface area contributed by atoms with Crippen molar-refractivity contribution in [1.29, 1.82) is 0 Å². The smallest absolute Gasteiger partial charge is 0.303 e. The molecular formula is C39H38N2O7S. The molecule has 0 aliphatic carbocycles. The zero-order valence-corrected chi connectivity index (χ0v) is 27.8. The number of nitrogens with one attached hydrogen (secondary N) is 1. The number of thioether (sulfide) groups is 1. The van der Waals surface area contributed by atoms with Crippen molar-refractivity contribution in [3.63, 3.8) is 0 Å². The van der Waals surface area contributed by atoms with Crippen LogP contribution in [0.25, 0.3) is 22.6 Å². The fraction of sp³-hybridized carbons (Fsp3) is 0.256. The van der Waals surface area contributed by atoms with E-state index in [0.29, 0.717) is 22.4 Å². The first-order chi connectivity index (χ1) is 23.9. The van der Waals surface area contributed by atoms with Crippen LogP contribution >= 0.6 is 11.8 Å². The number of nitrogens with zero attached hydrogens (tertiary/aromatic N) is 1. The number of hydrogen-bond acceptors (Lipinski definition) is 8. The SMILES string of the molecule is C[C@H]1[C@@H](CSc2nc(-c3ccccc3)c(-c3ccccc3)o2)O[C@@H](c2cccc(NC(=O)CCCC(=O)O)c2)O[C@H]1c1ccc(CO)cc1. The van der Waals surface area contributed by atoms with Gasteiger partial charge in [0.05, 0.1) is 18.8 Å². The molecule has 49 heavy (non-hydrogen) atoms. The number of carbonyl (C=O) groups is 2. The number of aromatic nitrogens is 1. The molecule has 0 spiro atoms. The first-order valence-electron chi connectivity index (χ1n) is 16.2. The summed E-state index contributed by atoms with van der Waals surface area (Å²) < 4.78 is 19.6. The highest BCUT2D eigenvalue weighted by molar-refractivity contribution is 7.99. The second kappa shape index (κ2) is 16.1. The highest BCUT2D eigenvalue weighted by atomic mass is 32.2. The van der Waals surface area contributed by atoms with Gasteiger partial charge in [-0.2, -0.15) is 0 Å². The number of aliphatic hydroxyl groups excluding tert-OH is 1. The molecule has 0 radical (unpaired) electrons. The molecule has 252 valence electrons. The number of carboxylic acid groups (broad SMARTS) is 1. The van der Waals surface area contributed by atoms with E-state index in [9.17, 15) is 14.7 Å². The second-order valence-electron chi connectivity index (χ2n) is 11.9. The van der Waals surface area contributed by atoms with Gasteiger partial charge in [0.15, 0.2) is 12.1 Å². The Labute approximate surface area is 289 Å². The minimum atomic E-state index is -0.931. The van der Waals surface area contributed by atoms with Crippen LogP contribution in [0.5, 0.6) is 0 Å². The number of anilines is 1. The lowest BCUT2D eigenvalue weighted by molar-refractivity contribution is -0.268. The van der Waals surface area contributed by atoms with Crippen LogP contribution in [0.4, 0.5) is 5.69 Å². The molecule has 10 heteroatoms. The summed E-state index contributed by atoms with van der Waals surface area (Å²) >= 11 is 1.49. The number of carbonyl (C=O) groups excluding carboxylic acids is 1. The molecule has 0 bridgehead atoms. The Morgan fingerprint density at radius 3 is 2.24 bits per heavy atom. The van der Waals surface area contributed by atoms with E-state index in [-0.39, 0.29) is 49.9 Å². The summed E-state index contributed by atoms with van der Waals surface area (Å²) in [5, 5.41) is 21.9. The van der Waals surface area contributed by atoms with Crippen molar-refractivity contribution in [3.8, 4) is 22.6 Å². The molecule has 9 nitrogen and oxygen atoms in total. The van der Waals surface area contributed by atoms with Crippen LogP contribution in [0.3, 0.4) is 0 Å². The van der Waals surface area contributed by atoms with E-state index in [0.717, 1.165) is 33.5 Å². The van der Waals surface area contributed by atoms with Gasteiger partial charge in [-0.3, -0.25) is 9.59 Å². The fourth-order valence-electron chi connectivity index (χ4n) is 5.79. The third-order valence-corrected chi connectivity index (χ3v) is 9.34. The van der Waals surface area contributed by atoms with Crippen LogP contribution in [0.15, 0.2) is 119 Å². The number of aliphatic hydroxyl groups is 1. The van der Waals surface area contributed by atoms with E-state index < -0.39 is 12.3 Å². The van der Waals surface area contributed by atoms with Crippen molar-refractivity contribution in [1.82, 2.24) is 4.98 Å². The highest BCUT2D eigenvalue weighted by Crippen LogP contribution is 2.44. The number of carboxylic acids is 1. The lowest BCUT2D eigenvalue weighted by atomic mass is 9.91. The lowest BCUT2D eigenvalue weighted by Gasteiger charge is -2.41. The topological polar surface area (TPSA) is 131 Å². The van der Waals surface area contributed by atoms with Crippen LogP contribution in [0.1, 0.15) is 55.3 Å². The molecule has 1 aliphatic rings. The van der Waals surface area contributed by atoms with E-state index >= 15 is 0 Å². The molecule has 4 atom stereocenters. The predicted molar refractivity (Wildman–Crippen MR) is 188 cm³/mol. The van der Waals surface area contributed by atoms with Gasteiger partial charge in [-0.1, -0.05) is 116 Å². The Balaban J connectivity index is 1.24. The Morgan fingerprint density at radius 2 is 1.55 bits per heavy atom. The van der Waals surface area contributed by atoms with Gasteiger partial charge in [0, 0.05) is 46.9 Å². The van der Waals surface area contributed by atoms with E-state index in [1.54, 1.807) is 6.07 Å². The third kappa shape index (κ3) is 8.65. The second-order valence-corrected chi connectivity index (χ2v) is 12.9. The van der Waals surface area contributed by atoms with Crippen LogP contribution in [-0.2, 0) is 25.7 Å². The third-order valence-electron chi connectivity index (χ3n) is 8.42. The van der Waals surface area contributed by atoms with Crippen molar-refractivity contribution in [2.45, 2.75) is 56.5 Å². The molecule has 1 aliphatic heterocycles. The van der Waals surface area contributed by atoms with Gasteiger partial charge in [-0.05, 0) is 29.7 Å². The zero-order valence-electron chi connectivity index (χ0n) is 27.0. The molecule has 1 amide bonds. The monoisotopic (exact) mass is 678 g/mol. The number of aliphatic carboxylic acids is 1. The van der Waals surface area contributed by atoms with Crippen LogP contribution < -0.4 is 5.32 Å². The summed E-state index contributed by atoms with van der Waals surface area (Å²) in [4.78, 5) is 28.3. The largest absolute Gasteiger partial charge is 0.481 e. The van der Waals surface area contributed by atoms with Crippen LogP contribution in [0.2, 0.25) is 0 Å². The zero-order chi connectivity index (χ0) is 34.2. The summed E-state index contributed by atoms with van der Waals surface area (Å²) in [5.74, 6) is -0.00557. The molecule has 2 heterocycles. The summed E-state index contributed by atoms with van der Waals surface area (Å²) in [7, 11) is 0. The Hall–Kier alpha value is -4.74. The fourth-order valence-corrected chi connectivity index (χ4v) is 6.78. The van der Waals surface area contributed by atoms with Crippen molar-refractivity contribution >= 4 is 29.3 Å². The van der Waals surface area contributed by atoms with Gasteiger partial charge in [0.1, 0.15) is 5.69 Å². The maximum atomic E-state index is 12.5. The number of amides is 1. The first-order valence-corrected chi connectivity index (χ1v) is 17.2. The first kappa shape index (κ1) is 34.1. The van der Waals surface area contributed by atoms with Crippen molar-refractivity contribution in [3.05, 3.63) is 126 Å². The van der Waals surface area contributed by atoms with E-state index in [1.165, 1.54) is 11.8 Å². The summed E-state index contributed by atoms with van der Waals surface area (Å²) in [6.07, 6.45) is -1.03. The molecule has 0 unspecified atom stereocenters. The minimum absolute atomic E-state index is 0.0483. The van der Waals surface area contributed by atoms with E-state index in [4.69, 9.17) is 24.0 Å². The van der Waals surface area contributed by atoms with Crippen LogP contribution in [-0.4, -0.2) is 38.9 Å². The molecule has 1 aromatic heterocycles. The molecule has 1 saturated heterocycles. The highest BCUT2D eigenvalue weighted by Gasteiger charge is 2.39. The van der Waals surface area contributed by atoms with Gasteiger partial charge in [-0.15, -0.1) is 0 Å². The molecule has 3 N–H and O–H groups in total. The molecular weight excluding hydrogens is 641 g/mol. The van der Waals surface area contributed by atoms with Gasteiger partial charge in [-0.25, -0.2) is 4.98 Å². The molecule has 5 aromatic rings. The van der Waals surface area contributed by atoms with Crippen LogP contribution in [0, 0.1) is 5.92 Å². The Kier molecular flexibility index (Phi) is 11.2. The van der Waals surface area contributed by atoms with Crippen molar-refractivity contribution in [2.75, 3.05) is 11.1 Å². The van der Waals surface area contributed by atoms with E-state index in [2.05, 4.69) is 12.2 Å². The Morgan fingerprint density at radius 1 is 0.837 bits per heavy atom. The van der Waals surface area contributed by atoms with Gasteiger partial charge in [0.25, 0.3) is 5.22 Å². The average Bonchev–Trinajstić information content (AvgIpc) is 3.56. The minimum Gasteiger partial charge on any atom is -0.481 e.